The van der Waals surface area contributed by atoms with Crippen molar-refractivity contribution in [2.75, 3.05) is 5.43 Å². The first-order chi connectivity index (χ1) is 9.69. The van der Waals surface area contributed by atoms with E-state index in [9.17, 15) is 0 Å². The molecule has 0 aliphatic rings. The van der Waals surface area contributed by atoms with Crippen LogP contribution in [0.3, 0.4) is 0 Å². The van der Waals surface area contributed by atoms with Gasteiger partial charge in [-0.25, -0.2) is 15.8 Å². The van der Waals surface area contributed by atoms with Gasteiger partial charge in [0, 0.05) is 0 Å². The smallest absolute Gasteiger partial charge is 0.227 e. The van der Waals surface area contributed by atoms with Crippen molar-refractivity contribution in [2.24, 2.45) is 5.84 Å². The number of hydrazine groups is 1. The zero-order valence-electron chi connectivity index (χ0n) is 11.3. The number of rotatable bonds is 4. The van der Waals surface area contributed by atoms with Gasteiger partial charge in [-0.2, -0.15) is 5.26 Å². The number of benzene rings is 1. The van der Waals surface area contributed by atoms with Crippen LogP contribution >= 0.6 is 0 Å². The standard InChI is InChI=1S/C14H15N5O/c1-3-11-13(19-16)17-8-18-14(11)20-12-6-10(7-15)5-4-9(12)2/h4-6,8H,3,16H2,1-2H3,(H,17,18,19). The van der Waals surface area contributed by atoms with E-state index in [0.717, 1.165) is 11.1 Å². The summed E-state index contributed by atoms with van der Waals surface area (Å²) < 4.78 is 5.82. The van der Waals surface area contributed by atoms with E-state index < -0.39 is 0 Å². The lowest BCUT2D eigenvalue weighted by Gasteiger charge is -2.13. The van der Waals surface area contributed by atoms with Crippen LogP contribution in [0.5, 0.6) is 11.6 Å². The van der Waals surface area contributed by atoms with E-state index in [1.165, 1.54) is 6.33 Å². The molecular weight excluding hydrogens is 254 g/mol. The number of aromatic nitrogens is 2. The Morgan fingerprint density at radius 3 is 2.85 bits per heavy atom. The van der Waals surface area contributed by atoms with Crippen LogP contribution in [-0.2, 0) is 6.42 Å². The van der Waals surface area contributed by atoms with Gasteiger partial charge in [-0.1, -0.05) is 13.0 Å². The molecule has 0 aliphatic carbocycles. The average molecular weight is 269 g/mol. The molecule has 0 unspecified atom stereocenters. The maximum atomic E-state index is 8.94. The molecule has 1 aromatic carbocycles. The zero-order valence-corrected chi connectivity index (χ0v) is 11.3. The van der Waals surface area contributed by atoms with E-state index >= 15 is 0 Å². The van der Waals surface area contributed by atoms with Gasteiger partial charge in [0.1, 0.15) is 17.9 Å². The molecule has 1 heterocycles. The van der Waals surface area contributed by atoms with Crippen molar-refractivity contribution < 1.29 is 4.74 Å². The molecule has 0 aliphatic heterocycles. The van der Waals surface area contributed by atoms with Crippen molar-refractivity contribution in [1.29, 1.82) is 5.26 Å². The van der Waals surface area contributed by atoms with E-state index in [4.69, 9.17) is 15.8 Å². The third kappa shape index (κ3) is 2.68. The van der Waals surface area contributed by atoms with Gasteiger partial charge in [-0.15, -0.1) is 0 Å². The quantitative estimate of drug-likeness (QED) is 0.653. The Morgan fingerprint density at radius 2 is 2.20 bits per heavy atom. The zero-order chi connectivity index (χ0) is 14.5. The van der Waals surface area contributed by atoms with E-state index in [0.29, 0.717) is 29.4 Å². The lowest BCUT2D eigenvalue weighted by Crippen LogP contribution is -2.12. The first-order valence-corrected chi connectivity index (χ1v) is 6.18. The second-order valence-electron chi connectivity index (χ2n) is 4.20. The van der Waals surface area contributed by atoms with Crippen molar-refractivity contribution in [3.63, 3.8) is 0 Å². The van der Waals surface area contributed by atoms with Crippen LogP contribution in [0.4, 0.5) is 5.82 Å². The number of nitriles is 1. The molecule has 0 radical (unpaired) electrons. The number of hydrogen-bond donors (Lipinski definition) is 2. The fraction of sp³-hybridized carbons (Fsp3) is 0.214. The number of ether oxygens (including phenoxy) is 1. The monoisotopic (exact) mass is 269 g/mol. The van der Waals surface area contributed by atoms with Gasteiger partial charge in [0.25, 0.3) is 0 Å². The fourth-order valence-corrected chi connectivity index (χ4v) is 1.81. The number of nitrogens with zero attached hydrogens (tertiary/aromatic N) is 3. The minimum Gasteiger partial charge on any atom is -0.438 e. The lowest BCUT2D eigenvalue weighted by molar-refractivity contribution is 0.452. The SMILES string of the molecule is CCc1c(NN)ncnc1Oc1cc(C#N)ccc1C. The van der Waals surface area contributed by atoms with Crippen LogP contribution in [-0.4, -0.2) is 9.97 Å². The van der Waals surface area contributed by atoms with Gasteiger partial charge in [0.2, 0.25) is 5.88 Å². The van der Waals surface area contributed by atoms with Gasteiger partial charge < -0.3 is 10.2 Å². The van der Waals surface area contributed by atoms with Crippen molar-refractivity contribution in [2.45, 2.75) is 20.3 Å². The Bertz CT molecular complexity index is 663. The number of nitrogen functional groups attached to an aromatic ring is 1. The molecule has 20 heavy (non-hydrogen) atoms. The lowest BCUT2D eigenvalue weighted by atomic mass is 10.1. The highest BCUT2D eigenvalue weighted by molar-refractivity contribution is 5.50. The van der Waals surface area contributed by atoms with Crippen molar-refractivity contribution in [1.82, 2.24) is 9.97 Å². The Morgan fingerprint density at radius 1 is 1.40 bits per heavy atom. The average Bonchev–Trinajstić information content (AvgIpc) is 2.49. The maximum Gasteiger partial charge on any atom is 0.227 e. The summed E-state index contributed by atoms with van der Waals surface area (Å²) in [5.41, 5.74) is 4.78. The highest BCUT2D eigenvalue weighted by Gasteiger charge is 2.12. The molecule has 2 rings (SSSR count). The molecular formula is C14H15N5O. The largest absolute Gasteiger partial charge is 0.438 e. The van der Waals surface area contributed by atoms with Crippen LogP contribution in [0, 0.1) is 18.3 Å². The number of nitrogens with two attached hydrogens (primary N) is 1. The molecule has 0 saturated heterocycles. The first kappa shape index (κ1) is 13.8. The summed E-state index contributed by atoms with van der Waals surface area (Å²) in [6, 6.07) is 7.36. The predicted molar refractivity (Wildman–Crippen MR) is 75.2 cm³/mol. The minimum atomic E-state index is 0.439. The van der Waals surface area contributed by atoms with Crippen LogP contribution in [0.1, 0.15) is 23.6 Å². The summed E-state index contributed by atoms with van der Waals surface area (Å²) in [4.78, 5) is 8.19. The molecule has 3 N–H and O–H groups in total. The number of hydrogen-bond acceptors (Lipinski definition) is 6. The molecule has 0 spiro atoms. The highest BCUT2D eigenvalue weighted by Crippen LogP contribution is 2.29. The Hall–Kier alpha value is -2.65. The van der Waals surface area contributed by atoms with Gasteiger partial charge >= 0.3 is 0 Å². The summed E-state index contributed by atoms with van der Waals surface area (Å²) in [6.45, 7) is 3.87. The normalized spacial score (nSPS) is 9.90. The Balaban J connectivity index is 2.42. The molecule has 0 amide bonds. The molecule has 0 atom stereocenters. The molecule has 0 fully saturated rings. The number of anilines is 1. The molecule has 0 saturated carbocycles. The third-order valence-electron chi connectivity index (χ3n) is 2.92. The summed E-state index contributed by atoms with van der Waals surface area (Å²) in [5, 5.41) is 8.94. The van der Waals surface area contributed by atoms with E-state index in [-0.39, 0.29) is 0 Å². The Labute approximate surface area is 117 Å². The highest BCUT2D eigenvalue weighted by atomic mass is 16.5. The van der Waals surface area contributed by atoms with E-state index in [1.807, 2.05) is 19.9 Å². The molecule has 6 nitrogen and oxygen atoms in total. The number of nitrogens with one attached hydrogen (secondary N) is 1. The summed E-state index contributed by atoms with van der Waals surface area (Å²) in [5.74, 6) is 7.00. The van der Waals surface area contributed by atoms with Gasteiger partial charge in [-0.05, 0) is 31.0 Å². The molecule has 2 aromatic rings. The van der Waals surface area contributed by atoms with Crippen molar-refractivity contribution in [3.8, 4) is 17.7 Å². The number of aryl methyl sites for hydroxylation is 1. The van der Waals surface area contributed by atoms with Gasteiger partial charge in [-0.3, -0.25) is 0 Å². The third-order valence-corrected chi connectivity index (χ3v) is 2.92. The van der Waals surface area contributed by atoms with E-state index in [2.05, 4.69) is 21.5 Å². The molecule has 0 bridgehead atoms. The summed E-state index contributed by atoms with van der Waals surface area (Å²) in [6.07, 6.45) is 2.06. The fourth-order valence-electron chi connectivity index (χ4n) is 1.81. The second kappa shape index (κ2) is 5.99. The van der Waals surface area contributed by atoms with E-state index in [1.54, 1.807) is 12.1 Å². The molecule has 102 valence electrons. The van der Waals surface area contributed by atoms with Crippen LogP contribution in [0.15, 0.2) is 24.5 Å². The topological polar surface area (TPSA) is 96.8 Å². The van der Waals surface area contributed by atoms with Crippen LogP contribution in [0.2, 0.25) is 0 Å². The van der Waals surface area contributed by atoms with Crippen molar-refractivity contribution >= 4 is 5.82 Å². The van der Waals surface area contributed by atoms with Crippen LogP contribution < -0.4 is 16.0 Å². The van der Waals surface area contributed by atoms with Crippen molar-refractivity contribution in [3.05, 3.63) is 41.2 Å². The summed E-state index contributed by atoms with van der Waals surface area (Å²) in [7, 11) is 0. The van der Waals surface area contributed by atoms with Crippen LogP contribution in [0.25, 0.3) is 0 Å². The minimum absolute atomic E-state index is 0.439. The second-order valence-corrected chi connectivity index (χ2v) is 4.20. The van der Waals surface area contributed by atoms with Gasteiger partial charge in [0.15, 0.2) is 0 Å². The first-order valence-electron chi connectivity index (χ1n) is 6.18. The maximum absolute atomic E-state index is 8.94. The predicted octanol–water partition coefficient (Wildman–Crippen LogP) is 2.30. The molecule has 1 aromatic heterocycles. The van der Waals surface area contributed by atoms with Gasteiger partial charge in [0.05, 0.1) is 17.2 Å². The molecule has 6 heteroatoms. The Kier molecular flexibility index (Phi) is 4.13. The summed E-state index contributed by atoms with van der Waals surface area (Å²) >= 11 is 0.